The Morgan fingerprint density at radius 1 is 1.13 bits per heavy atom. The van der Waals surface area contributed by atoms with Gasteiger partial charge in [-0.1, -0.05) is 17.7 Å². The zero-order valence-electron chi connectivity index (χ0n) is 22.3. The van der Waals surface area contributed by atoms with Crippen LogP contribution in [0.5, 0.6) is 5.88 Å². The third kappa shape index (κ3) is 6.81. The Kier molecular flexibility index (Phi) is 9.33. The number of halogens is 1. The van der Waals surface area contributed by atoms with Crippen LogP contribution in [0.4, 0.5) is 5.95 Å². The highest BCUT2D eigenvalue weighted by Crippen LogP contribution is 2.31. The second kappa shape index (κ2) is 12.5. The molecule has 0 saturated carbocycles. The molecule has 0 amide bonds. The molecular weight excluding hydrogens is 550 g/mol. The number of anilines is 1. The monoisotopic (exact) mass is 581 g/mol. The van der Waals surface area contributed by atoms with Crippen molar-refractivity contribution in [1.29, 1.82) is 0 Å². The summed E-state index contributed by atoms with van der Waals surface area (Å²) in [4.78, 5) is 12.9. The smallest absolute Gasteiger partial charge is 0.240 e. The van der Waals surface area contributed by atoms with Crippen LogP contribution in [0, 0.1) is 0 Å². The van der Waals surface area contributed by atoms with Gasteiger partial charge in [0.05, 0.1) is 44.1 Å². The fourth-order valence-electron chi connectivity index (χ4n) is 4.05. The standard InChI is InChI=1S/C24H32ClN7O6S/c1-14(2)38-21(22-26-11-17(25)12-27-22)16(4)39(33,34)31-24-30-29-23(18-7-6-8-20(28-18)35-5)32(24)15(3)19-13-36-9-10-37-19/h6-8,11-12,14-16,19,21H,9-10,13H2,1-5H3,(H,30,31)/t15-,16-,19+,21+/m0/s1. The van der Waals surface area contributed by atoms with Crippen molar-refractivity contribution < 1.29 is 27.4 Å². The number of hydrogen-bond donors (Lipinski definition) is 1. The maximum absolute atomic E-state index is 13.7. The summed E-state index contributed by atoms with van der Waals surface area (Å²) in [6, 6.07) is 4.78. The van der Waals surface area contributed by atoms with Gasteiger partial charge in [0.2, 0.25) is 21.9 Å². The molecule has 0 radical (unpaired) electrons. The Morgan fingerprint density at radius 2 is 1.87 bits per heavy atom. The molecule has 4 heterocycles. The molecule has 212 valence electrons. The predicted molar refractivity (Wildman–Crippen MR) is 143 cm³/mol. The van der Waals surface area contributed by atoms with E-state index in [0.717, 1.165) is 0 Å². The van der Waals surface area contributed by atoms with Crippen LogP contribution in [0.25, 0.3) is 11.5 Å². The minimum atomic E-state index is -4.11. The van der Waals surface area contributed by atoms with Crippen LogP contribution >= 0.6 is 11.6 Å². The van der Waals surface area contributed by atoms with Crippen LogP contribution in [0.2, 0.25) is 5.02 Å². The van der Waals surface area contributed by atoms with Crippen molar-refractivity contribution in [2.75, 3.05) is 31.7 Å². The van der Waals surface area contributed by atoms with E-state index >= 15 is 0 Å². The highest BCUT2D eigenvalue weighted by atomic mass is 35.5. The number of ether oxygens (including phenoxy) is 4. The van der Waals surface area contributed by atoms with E-state index in [4.69, 9.17) is 30.5 Å². The molecule has 3 aromatic rings. The average Bonchev–Trinajstić information content (AvgIpc) is 3.34. The molecule has 1 saturated heterocycles. The van der Waals surface area contributed by atoms with Gasteiger partial charge in [0.25, 0.3) is 0 Å². The molecule has 1 fully saturated rings. The summed E-state index contributed by atoms with van der Waals surface area (Å²) in [6.07, 6.45) is 1.13. The van der Waals surface area contributed by atoms with Gasteiger partial charge in [0, 0.05) is 18.5 Å². The largest absolute Gasteiger partial charge is 0.481 e. The topological polar surface area (TPSA) is 152 Å². The van der Waals surface area contributed by atoms with Crippen molar-refractivity contribution in [3.63, 3.8) is 0 Å². The Labute approximate surface area is 232 Å². The van der Waals surface area contributed by atoms with Crippen LogP contribution in [-0.2, 0) is 24.2 Å². The van der Waals surface area contributed by atoms with Gasteiger partial charge < -0.3 is 18.9 Å². The first-order chi connectivity index (χ1) is 18.6. The normalized spacial score (nSPS) is 18.5. The number of nitrogens with one attached hydrogen (secondary N) is 1. The zero-order chi connectivity index (χ0) is 28.2. The molecule has 0 aromatic carbocycles. The first kappa shape index (κ1) is 29.1. The zero-order valence-corrected chi connectivity index (χ0v) is 23.9. The molecule has 4 atom stereocenters. The van der Waals surface area contributed by atoms with E-state index in [1.54, 1.807) is 36.6 Å². The third-order valence-corrected chi connectivity index (χ3v) is 8.00. The number of aromatic nitrogens is 6. The van der Waals surface area contributed by atoms with Gasteiger partial charge in [-0.25, -0.2) is 23.4 Å². The minimum Gasteiger partial charge on any atom is -0.481 e. The molecule has 13 nitrogen and oxygen atoms in total. The van der Waals surface area contributed by atoms with Crippen LogP contribution < -0.4 is 9.46 Å². The number of methoxy groups -OCH3 is 1. The summed E-state index contributed by atoms with van der Waals surface area (Å²) < 4.78 is 54.4. The van der Waals surface area contributed by atoms with Crippen molar-refractivity contribution in [3.05, 3.63) is 41.4 Å². The molecule has 1 aliphatic rings. The van der Waals surface area contributed by atoms with E-state index < -0.39 is 27.4 Å². The maximum Gasteiger partial charge on any atom is 0.240 e. The molecule has 1 N–H and O–H groups in total. The number of hydrogen-bond acceptors (Lipinski definition) is 11. The number of rotatable bonds is 11. The third-order valence-electron chi connectivity index (χ3n) is 6.11. The highest BCUT2D eigenvalue weighted by Gasteiger charge is 2.37. The van der Waals surface area contributed by atoms with E-state index in [9.17, 15) is 8.42 Å². The quantitative estimate of drug-likeness (QED) is 0.355. The Bertz CT molecular complexity index is 1350. The van der Waals surface area contributed by atoms with Gasteiger partial charge in [-0.05, 0) is 33.8 Å². The predicted octanol–water partition coefficient (Wildman–Crippen LogP) is 3.07. The summed E-state index contributed by atoms with van der Waals surface area (Å²) in [5, 5.41) is 7.68. The molecule has 0 spiro atoms. The SMILES string of the molecule is COc1cccc(-c2nnc(NS(=O)(=O)[C@@H](C)[C@@H](OC(C)C)c3ncc(Cl)cn3)n2[C@@H](C)[C@H]2COCCO2)n1. The van der Waals surface area contributed by atoms with E-state index in [0.29, 0.717) is 42.2 Å². The van der Waals surface area contributed by atoms with Gasteiger partial charge in [-0.3, -0.25) is 9.29 Å². The fourth-order valence-corrected chi connectivity index (χ4v) is 5.24. The first-order valence-electron chi connectivity index (χ1n) is 12.4. The lowest BCUT2D eigenvalue weighted by molar-refractivity contribution is -0.104. The number of sulfonamides is 1. The summed E-state index contributed by atoms with van der Waals surface area (Å²) in [5.74, 6) is 0.884. The second-order valence-corrected chi connectivity index (χ2v) is 11.7. The molecule has 1 aliphatic heterocycles. The van der Waals surface area contributed by atoms with Gasteiger partial charge in [-0.2, -0.15) is 0 Å². The van der Waals surface area contributed by atoms with Gasteiger partial charge in [0.15, 0.2) is 11.6 Å². The van der Waals surface area contributed by atoms with Crippen LogP contribution in [0.15, 0.2) is 30.6 Å². The van der Waals surface area contributed by atoms with E-state index in [2.05, 4.69) is 29.9 Å². The molecule has 0 bridgehead atoms. The Hall–Kier alpha value is -2.91. The maximum atomic E-state index is 13.7. The first-order valence-corrected chi connectivity index (χ1v) is 14.3. The van der Waals surface area contributed by atoms with Crippen molar-refractivity contribution in [1.82, 2.24) is 29.7 Å². The van der Waals surface area contributed by atoms with Crippen LogP contribution in [-0.4, -0.2) is 82.5 Å². The Morgan fingerprint density at radius 3 is 2.51 bits per heavy atom. The minimum absolute atomic E-state index is 0.0107. The second-order valence-electron chi connectivity index (χ2n) is 9.22. The van der Waals surface area contributed by atoms with Gasteiger partial charge in [-0.15, -0.1) is 10.2 Å². The lowest BCUT2D eigenvalue weighted by Crippen LogP contribution is -2.37. The highest BCUT2D eigenvalue weighted by molar-refractivity contribution is 7.93. The molecule has 0 aliphatic carbocycles. The summed E-state index contributed by atoms with van der Waals surface area (Å²) in [7, 11) is -2.61. The summed E-state index contributed by atoms with van der Waals surface area (Å²) >= 11 is 5.94. The van der Waals surface area contributed by atoms with Crippen molar-refractivity contribution in [2.24, 2.45) is 0 Å². The summed E-state index contributed by atoms with van der Waals surface area (Å²) in [6.45, 7) is 8.21. The number of nitrogens with zero attached hydrogens (tertiary/aromatic N) is 6. The fraction of sp³-hybridized carbons (Fsp3) is 0.542. The molecule has 3 aromatic heterocycles. The molecule has 0 unspecified atom stereocenters. The van der Waals surface area contributed by atoms with Crippen molar-refractivity contribution in [2.45, 2.75) is 57.3 Å². The van der Waals surface area contributed by atoms with Crippen LogP contribution in [0.1, 0.15) is 45.7 Å². The molecular formula is C24H32ClN7O6S. The summed E-state index contributed by atoms with van der Waals surface area (Å²) in [5.41, 5.74) is 0.444. The number of pyridine rings is 1. The van der Waals surface area contributed by atoms with Gasteiger partial charge >= 0.3 is 0 Å². The van der Waals surface area contributed by atoms with Crippen LogP contribution in [0.3, 0.4) is 0 Å². The molecule has 39 heavy (non-hydrogen) atoms. The van der Waals surface area contributed by atoms with Crippen molar-refractivity contribution in [3.8, 4) is 17.4 Å². The lowest BCUT2D eigenvalue weighted by atomic mass is 10.1. The Balaban J connectivity index is 1.72. The lowest BCUT2D eigenvalue weighted by Gasteiger charge is -2.30. The van der Waals surface area contributed by atoms with Crippen molar-refractivity contribution >= 4 is 27.6 Å². The van der Waals surface area contributed by atoms with E-state index in [1.165, 1.54) is 26.4 Å². The van der Waals surface area contributed by atoms with E-state index in [1.807, 2.05) is 6.92 Å². The van der Waals surface area contributed by atoms with E-state index in [-0.39, 0.29) is 24.0 Å². The van der Waals surface area contributed by atoms with Gasteiger partial charge in [0.1, 0.15) is 23.2 Å². The molecule has 4 rings (SSSR count). The molecule has 15 heteroatoms. The average molecular weight is 582 g/mol.